The minimum absolute atomic E-state index is 0. The van der Waals surface area contributed by atoms with Crippen LogP contribution in [0.25, 0.3) is 16.2 Å². The zero-order valence-electron chi connectivity index (χ0n) is 16.0. The first-order chi connectivity index (χ1) is 13.0. The molecule has 2 aromatic heterocycles. The zero-order valence-corrected chi connectivity index (χ0v) is 17.7. The van der Waals surface area contributed by atoms with Gasteiger partial charge >= 0.3 is 0 Å². The molecule has 0 saturated heterocycles. The van der Waals surface area contributed by atoms with Crippen LogP contribution < -0.4 is 5.32 Å². The van der Waals surface area contributed by atoms with E-state index in [1.165, 1.54) is 16.7 Å². The van der Waals surface area contributed by atoms with Crippen LogP contribution in [0.5, 0.6) is 0 Å². The molecule has 28 heavy (non-hydrogen) atoms. The van der Waals surface area contributed by atoms with Crippen LogP contribution in [0.1, 0.15) is 22.4 Å². The summed E-state index contributed by atoms with van der Waals surface area (Å²) in [5.74, 6) is -0.0278. The molecular formula is C22H22ClN3OS. The van der Waals surface area contributed by atoms with Crippen molar-refractivity contribution in [1.29, 1.82) is 0 Å². The van der Waals surface area contributed by atoms with E-state index >= 15 is 0 Å². The van der Waals surface area contributed by atoms with E-state index in [9.17, 15) is 4.79 Å². The van der Waals surface area contributed by atoms with Gasteiger partial charge in [0.15, 0.2) is 4.96 Å². The van der Waals surface area contributed by atoms with Crippen molar-refractivity contribution in [1.82, 2.24) is 9.38 Å². The van der Waals surface area contributed by atoms with E-state index < -0.39 is 0 Å². The van der Waals surface area contributed by atoms with Crippen LogP contribution in [0.15, 0.2) is 54.0 Å². The fourth-order valence-corrected chi connectivity index (χ4v) is 3.88. The Morgan fingerprint density at radius 2 is 1.82 bits per heavy atom. The molecule has 6 heteroatoms. The number of aryl methyl sites for hydroxylation is 3. The molecule has 0 fully saturated rings. The number of anilines is 1. The second-order valence-electron chi connectivity index (χ2n) is 6.90. The number of thiazole rings is 1. The zero-order chi connectivity index (χ0) is 19.0. The Balaban J connectivity index is 0.00000225. The molecule has 4 nitrogen and oxygen atoms in total. The predicted octanol–water partition coefficient (Wildman–Crippen LogP) is 5.59. The van der Waals surface area contributed by atoms with Gasteiger partial charge in [0, 0.05) is 28.5 Å². The normalized spacial score (nSPS) is 10.7. The fourth-order valence-electron chi connectivity index (χ4n) is 3.00. The number of imidazole rings is 1. The second kappa shape index (κ2) is 8.17. The Bertz CT molecular complexity index is 1130. The minimum Gasteiger partial charge on any atom is -0.326 e. The summed E-state index contributed by atoms with van der Waals surface area (Å²) < 4.78 is 2.02. The number of nitrogens with zero attached hydrogens (tertiary/aromatic N) is 2. The van der Waals surface area contributed by atoms with Crippen molar-refractivity contribution in [2.45, 2.75) is 27.2 Å². The summed E-state index contributed by atoms with van der Waals surface area (Å²) in [7, 11) is 0. The highest BCUT2D eigenvalue weighted by Gasteiger charge is 2.13. The molecule has 2 heterocycles. The first-order valence-electron chi connectivity index (χ1n) is 8.89. The molecule has 2 aromatic carbocycles. The Labute approximate surface area is 174 Å². The largest absolute Gasteiger partial charge is 0.326 e. The maximum Gasteiger partial charge on any atom is 0.230 e. The Kier molecular flexibility index (Phi) is 5.87. The van der Waals surface area contributed by atoms with Crippen molar-refractivity contribution in [3.63, 3.8) is 0 Å². The lowest BCUT2D eigenvalue weighted by atomic mass is 10.0. The van der Waals surface area contributed by atoms with Gasteiger partial charge in [0.1, 0.15) is 0 Å². The van der Waals surface area contributed by atoms with Gasteiger partial charge in [-0.05, 0) is 50.1 Å². The molecule has 0 atom stereocenters. The van der Waals surface area contributed by atoms with Gasteiger partial charge in [-0.2, -0.15) is 0 Å². The summed E-state index contributed by atoms with van der Waals surface area (Å²) in [4.78, 5) is 18.1. The first kappa shape index (κ1) is 20.1. The Hall–Kier alpha value is -2.63. The highest BCUT2D eigenvalue weighted by Crippen LogP contribution is 2.25. The van der Waals surface area contributed by atoms with Gasteiger partial charge in [0.25, 0.3) is 0 Å². The number of hydrogen-bond donors (Lipinski definition) is 1. The van der Waals surface area contributed by atoms with Crippen molar-refractivity contribution in [3.05, 3.63) is 76.4 Å². The molecule has 144 valence electrons. The van der Waals surface area contributed by atoms with Crippen molar-refractivity contribution >= 4 is 40.3 Å². The summed E-state index contributed by atoms with van der Waals surface area (Å²) in [5, 5.41) is 4.96. The Morgan fingerprint density at radius 3 is 2.54 bits per heavy atom. The van der Waals surface area contributed by atoms with Gasteiger partial charge in [-0.25, -0.2) is 4.98 Å². The standard InChI is InChI=1S/C22H21N3OS.ClH/c1-14-4-8-18(9-5-14)23-21(26)11-19-13-27-22-24-20(12-25(19)22)17-7-6-15(2)16(3)10-17;/h4-10,12-13H,11H2,1-3H3,(H,23,26);1H. The molecule has 0 spiro atoms. The molecule has 1 N–H and O–H groups in total. The maximum atomic E-state index is 12.4. The third kappa shape index (κ3) is 4.11. The third-order valence-corrected chi connectivity index (χ3v) is 5.65. The van der Waals surface area contributed by atoms with Gasteiger partial charge < -0.3 is 5.32 Å². The molecule has 1 amide bonds. The molecule has 0 aliphatic rings. The van der Waals surface area contributed by atoms with E-state index in [-0.39, 0.29) is 18.3 Å². The number of hydrogen-bond acceptors (Lipinski definition) is 3. The Morgan fingerprint density at radius 1 is 1.07 bits per heavy atom. The number of carbonyl (C=O) groups excluding carboxylic acids is 1. The number of benzene rings is 2. The molecule has 0 aliphatic carbocycles. The van der Waals surface area contributed by atoms with Crippen molar-refractivity contribution < 1.29 is 4.79 Å². The van der Waals surface area contributed by atoms with E-state index in [1.54, 1.807) is 11.3 Å². The summed E-state index contributed by atoms with van der Waals surface area (Å²) in [5.41, 5.74) is 7.49. The van der Waals surface area contributed by atoms with E-state index in [0.717, 1.165) is 27.6 Å². The molecule has 0 saturated carbocycles. The van der Waals surface area contributed by atoms with Gasteiger partial charge in [-0.15, -0.1) is 23.7 Å². The van der Waals surface area contributed by atoms with E-state index in [4.69, 9.17) is 4.98 Å². The quantitative estimate of drug-likeness (QED) is 0.475. The SMILES string of the molecule is Cc1ccc(NC(=O)Cc2csc3nc(-c4ccc(C)c(C)c4)cn23)cc1.Cl. The monoisotopic (exact) mass is 411 g/mol. The number of aromatic nitrogens is 2. The number of amides is 1. The highest BCUT2D eigenvalue weighted by atomic mass is 35.5. The molecule has 0 aliphatic heterocycles. The summed E-state index contributed by atoms with van der Waals surface area (Å²) in [6.07, 6.45) is 2.33. The van der Waals surface area contributed by atoms with Gasteiger partial charge in [0.2, 0.25) is 5.91 Å². The summed E-state index contributed by atoms with van der Waals surface area (Å²) in [6, 6.07) is 14.2. The average Bonchev–Trinajstić information content (AvgIpc) is 3.21. The van der Waals surface area contributed by atoms with E-state index in [2.05, 4.69) is 37.4 Å². The lowest BCUT2D eigenvalue weighted by Crippen LogP contribution is -2.15. The van der Waals surface area contributed by atoms with Crippen molar-refractivity contribution in [2.24, 2.45) is 0 Å². The molecule has 0 bridgehead atoms. The number of fused-ring (bicyclic) bond motifs is 1. The van der Waals surface area contributed by atoms with Crippen molar-refractivity contribution in [2.75, 3.05) is 5.32 Å². The lowest BCUT2D eigenvalue weighted by molar-refractivity contribution is -0.115. The number of nitrogens with one attached hydrogen (secondary N) is 1. The van der Waals surface area contributed by atoms with Crippen LogP contribution in [0, 0.1) is 20.8 Å². The molecule has 4 aromatic rings. The second-order valence-corrected chi connectivity index (χ2v) is 7.73. The van der Waals surface area contributed by atoms with Gasteiger partial charge in [-0.1, -0.05) is 29.8 Å². The lowest BCUT2D eigenvalue weighted by Gasteiger charge is -2.05. The fraction of sp³-hybridized carbons (Fsp3) is 0.182. The van der Waals surface area contributed by atoms with Crippen molar-refractivity contribution in [3.8, 4) is 11.3 Å². The van der Waals surface area contributed by atoms with Crippen LogP contribution >= 0.6 is 23.7 Å². The molecule has 0 unspecified atom stereocenters. The number of rotatable bonds is 4. The van der Waals surface area contributed by atoms with Crippen LogP contribution in [0.2, 0.25) is 0 Å². The van der Waals surface area contributed by atoms with Crippen LogP contribution in [0.4, 0.5) is 5.69 Å². The summed E-state index contributed by atoms with van der Waals surface area (Å²) in [6.45, 7) is 6.24. The smallest absolute Gasteiger partial charge is 0.230 e. The highest BCUT2D eigenvalue weighted by molar-refractivity contribution is 7.15. The third-order valence-electron chi connectivity index (χ3n) is 4.76. The molecule has 4 rings (SSSR count). The average molecular weight is 412 g/mol. The predicted molar refractivity (Wildman–Crippen MR) is 119 cm³/mol. The minimum atomic E-state index is -0.0278. The number of carbonyl (C=O) groups is 1. The van der Waals surface area contributed by atoms with Gasteiger partial charge in [0.05, 0.1) is 12.1 Å². The van der Waals surface area contributed by atoms with Gasteiger partial charge in [-0.3, -0.25) is 9.20 Å². The van der Waals surface area contributed by atoms with Crippen LogP contribution in [-0.2, 0) is 11.2 Å². The van der Waals surface area contributed by atoms with E-state index in [1.807, 2.05) is 47.2 Å². The topological polar surface area (TPSA) is 46.4 Å². The van der Waals surface area contributed by atoms with Crippen LogP contribution in [0.3, 0.4) is 0 Å². The van der Waals surface area contributed by atoms with E-state index in [0.29, 0.717) is 6.42 Å². The first-order valence-corrected chi connectivity index (χ1v) is 9.77. The summed E-state index contributed by atoms with van der Waals surface area (Å²) >= 11 is 1.56. The van der Waals surface area contributed by atoms with Crippen LogP contribution in [-0.4, -0.2) is 15.3 Å². The maximum absolute atomic E-state index is 12.4. The molecule has 0 radical (unpaired) electrons. The number of halogens is 1. The molecular weight excluding hydrogens is 390 g/mol.